The van der Waals surface area contributed by atoms with Crippen LogP contribution < -0.4 is 0 Å². The summed E-state index contributed by atoms with van der Waals surface area (Å²) in [6, 6.07) is 10.6. The first-order chi connectivity index (χ1) is 13.2. The quantitative estimate of drug-likeness (QED) is 0.812. The lowest BCUT2D eigenvalue weighted by molar-refractivity contribution is -0.136. The van der Waals surface area contributed by atoms with Crippen LogP contribution in [-0.2, 0) is 16.1 Å². The Kier molecular flexibility index (Phi) is 5.18. The van der Waals surface area contributed by atoms with Gasteiger partial charge in [0.05, 0.1) is 6.04 Å². The van der Waals surface area contributed by atoms with Gasteiger partial charge in [-0.05, 0) is 35.2 Å². The molecule has 3 atom stereocenters. The molecule has 3 heterocycles. The van der Waals surface area contributed by atoms with Crippen molar-refractivity contribution < 1.29 is 13.9 Å². The second-order valence-electron chi connectivity index (χ2n) is 7.46. The zero-order chi connectivity index (χ0) is 18.8. The van der Waals surface area contributed by atoms with E-state index in [1.807, 2.05) is 23.2 Å². The third-order valence-corrected chi connectivity index (χ3v) is 5.65. The van der Waals surface area contributed by atoms with Crippen LogP contribution in [0.25, 0.3) is 0 Å². The summed E-state index contributed by atoms with van der Waals surface area (Å²) in [5.74, 6) is 0.389. The molecule has 4 rings (SSSR count). The fourth-order valence-corrected chi connectivity index (χ4v) is 4.60. The highest BCUT2D eigenvalue weighted by Crippen LogP contribution is 2.45. The van der Waals surface area contributed by atoms with Crippen LogP contribution in [0, 0.1) is 17.7 Å². The molecule has 1 aromatic heterocycles. The molecule has 2 aliphatic rings. The summed E-state index contributed by atoms with van der Waals surface area (Å²) in [6.07, 6.45) is 3.67. The van der Waals surface area contributed by atoms with Gasteiger partial charge in [-0.3, -0.25) is 14.7 Å². The normalized spacial score (nSPS) is 25.0. The molecular weight excluding hydrogens is 345 g/mol. The van der Waals surface area contributed by atoms with E-state index in [2.05, 4.69) is 16.0 Å². The molecule has 2 fully saturated rings. The summed E-state index contributed by atoms with van der Waals surface area (Å²) in [4.78, 5) is 21.1. The number of halogens is 1. The number of likely N-dealkylation sites (tertiary alicyclic amines) is 2. The van der Waals surface area contributed by atoms with E-state index in [0.717, 1.165) is 25.2 Å². The van der Waals surface area contributed by atoms with Crippen molar-refractivity contribution >= 4 is 5.91 Å². The van der Waals surface area contributed by atoms with E-state index in [-0.39, 0.29) is 24.4 Å². The number of nitrogens with zero attached hydrogens (tertiary/aromatic N) is 3. The van der Waals surface area contributed by atoms with E-state index in [1.54, 1.807) is 18.3 Å². The molecular formula is C21H24FN3O2. The molecule has 0 saturated carbocycles. The Morgan fingerprint density at radius 1 is 1.26 bits per heavy atom. The summed E-state index contributed by atoms with van der Waals surface area (Å²) in [5, 5.41) is 0. The van der Waals surface area contributed by atoms with E-state index in [4.69, 9.17) is 4.74 Å². The molecule has 0 bridgehead atoms. The van der Waals surface area contributed by atoms with Crippen LogP contribution >= 0.6 is 0 Å². The number of aromatic nitrogens is 1. The lowest BCUT2D eigenvalue weighted by Crippen LogP contribution is -2.37. The van der Waals surface area contributed by atoms with Gasteiger partial charge in [0, 0.05) is 51.6 Å². The van der Waals surface area contributed by atoms with Crippen molar-refractivity contribution in [1.29, 1.82) is 0 Å². The summed E-state index contributed by atoms with van der Waals surface area (Å²) in [7, 11) is 1.53. The van der Waals surface area contributed by atoms with Crippen LogP contribution in [0.5, 0.6) is 0 Å². The molecule has 0 spiro atoms. The molecule has 5 nitrogen and oxygen atoms in total. The average Bonchev–Trinajstić information content (AvgIpc) is 3.20. The summed E-state index contributed by atoms with van der Waals surface area (Å²) in [6.45, 7) is 3.42. The highest BCUT2D eigenvalue weighted by atomic mass is 19.1. The van der Waals surface area contributed by atoms with Gasteiger partial charge < -0.3 is 9.64 Å². The predicted molar refractivity (Wildman–Crippen MR) is 99.2 cm³/mol. The highest BCUT2D eigenvalue weighted by molar-refractivity contribution is 5.78. The average molecular weight is 369 g/mol. The molecule has 0 radical (unpaired) electrons. The minimum absolute atomic E-state index is 0.0278. The number of amides is 1. The van der Waals surface area contributed by atoms with Gasteiger partial charge in [-0.15, -0.1) is 0 Å². The first-order valence-corrected chi connectivity index (χ1v) is 9.31. The second-order valence-corrected chi connectivity index (χ2v) is 7.46. The molecule has 6 heteroatoms. The number of carbonyl (C=O) groups is 1. The van der Waals surface area contributed by atoms with Gasteiger partial charge in [-0.2, -0.15) is 0 Å². The molecule has 0 N–H and O–H groups in total. The van der Waals surface area contributed by atoms with Crippen LogP contribution in [0.3, 0.4) is 0 Å². The van der Waals surface area contributed by atoms with Gasteiger partial charge >= 0.3 is 0 Å². The highest BCUT2D eigenvalue weighted by Gasteiger charge is 2.48. The molecule has 2 aromatic rings. The summed E-state index contributed by atoms with van der Waals surface area (Å²) in [5.41, 5.74) is 2.06. The van der Waals surface area contributed by atoms with Crippen LogP contribution in [-0.4, -0.2) is 54.0 Å². The fraction of sp³-hybridized carbons (Fsp3) is 0.429. The van der Waals surface area contributed by atoms with E-state index in [9.17, 15) is 9.18 Å². The van der Waals surface area contributed by atoms with Crippen LogP contribution in [0.4, 0.5) is 4.39 Å². The number of pyridine rings is 1. The zero-order valence-corrected chi connectivity index (χ0v) is 15.4. The number of ether oxygens (including phenoxy) is 1. The lowest BCUT2D eigenvalue weighted by atomic mass is 9.89. The van der Waals surface area contributed by atoms with Gasteiger partial charge in [-0.1, -0.05) is 18.2 Å². The van der Waals surface area contributed by atoms with E-state index >= 15 is 0 Å². The number of carbonyl (C=O) groups excluding carboxylic acids is 1. The third kappa shape index (κ3) is 3.73. The van der Waals surface area contributed by atoms with Crippen molar-refractivity contribution in [2.24, 2.45) is 11.8 Å². The number of benzene rings is 1. The Morgan fingerprint density at radius 2 is 2.15 bits per heavy atom. The maximum Gasteiger partial charge on any atom is 0.249 e. The van der Waals surface area contributed by atoms with Crippen molar-refractivity contribution in [2.45, 2.75) is 12.6 Å². The maximum absolute atomic E-state index is 13.9. The largest absolute Gasteiger partial charge is 0.375 e. The zero-order valence-electron chi connectivity index (χ0n) is 15.4. The van der Waals surface area contributed by atoms with Crippen LogP contribution in [0.2, 0.25) is 0 Å². The molecule has 1 aromatic carbocycles. The Morgan fingerprint density at radius 3 is 2.89 bits per heavy atom. The number of hydrogen-bond acceptors (Lipinski definition) is 4. The Labute approximate surface area is 158 Å². The number of methoxy groups -OCH3 is 1. The Balaban J connectivity index is 1.56. The standard InChI is InChI=1S/C21H24FN3O2/c1-27-14-20(26)25-12-17-11-24(10-15-4-3-7-23-9-15)13-19(17)21(25)16-5-2-6-18(22)8-16/h2-9,17,19,21H,10-14H2,1H3/t17-,19-,21+/m1/s1. The molecule has 0 aliphatic carbocycles. The number of rotatable bonds is 5. The van der Waals surface area contributed by atoms with Crippen molar-refractivity contribution in [2.75, 3.05) is 33.4 Å². The molecule has 2 aliphatic heterocycles. The summed E-state index contributed by atoms with van der Waals surface area (Å²) < 4.78 is 18.9. The van der Waals surface area contributed by atoms with Crippen molar-refractivity contribution in [1.82, 2.24) is 14.8 Å². The molecule has 142 valence electrons. The monoisotopic (exact) mass is 369 g/mol. The second kappa shape index (κ2) is 7.74. The van der Waals surface area contributed by atoms with Gasteiger partial charge in [0.2, 0.25) is 5.91 Å². The van der Waals surface area contributed by atoms with E-state index < -0.39 is 0 Å². The Hall–Kier alpha value is -2.31. The van der Waals surface area contributed by atoms with Crippen LogP contribution in [0.15, 0.2) is 48.8 Å². The van der Waals surface area contributed by atoms with Gasteiger partial charge in [0.1, 0.15) is 12.4 Å². The summed E-state index contributed by atoms with van der Waals surface area (Å²) >= 11 is 0. The molecule has 0 unspecified atom stereocenters. The SMILES string of the molecule is COCC(=O)N1C[C@H]2CN(Cc3cccnc3)C[C@H]2[C@@H]1c1cccc(F)c1. The van der Waals surface area contributed by atoms with Gasteiger partial charge in [0.25, 0.3) is 0 Å². The predicted octanol–water partition coefficient (Wildman–Crippen LogP) is 2.50. The van der Waals surface area contributed by atoms with Crippen molar-refractivity contribution in [3.8, 4) is 0 Å². The lowest BCUT2D eigenvalue weighted by Gasteiger charge is -2.30. The topological polar surface area (TPSA) is 45.7 Å². The number of fused-ring (bicyclic) bond motifs is 1. The smallest absolute Gasteiger partial charge is 0.249 e. The minimum Gasteiger partial charge on any atom is -0.375 e. The molecule has 27 heavy (non-hydrogen) atoms. The van der Waals surface area contributed by atoms with Crippen molar-refractivity contribution in [3.63, 3.8) is 0 Å². The van der Waals surface area contributed by atoms with Gasteiger partial charge in [-0.25, -0.2) is 4.39 Å². The number of hydrogen-bond donors (Lipinski definition) is 0. The van der Waals surface area contributed by atoms with Crippen molar-refractivity contribution in [3.05, 3.63) is 65.7 Å². The van der Waals surface area contributed by atoms with Gasteiger partial charge in [0.15, 0.2) is 0 Å². The minimum atomic E-state index is -0.264. The maximum atomic E-state index is 13.9. The van der Waals surface area contributed by atoms with E-state index in [0.29, 0.717) is 18.4 Å². The molecule has 1 amide bonds. The fourth-order valence-electron chi connectivity index (χ4n) is 4.60. The Bertz CT molecular complexity index is 801. The first kappa shape index (κ1) is 18.1. The first-order valence-electron chi connectivity index (χ1n) is 9.31. The van der Waals surface area contributed by atoms with E-state index in [1.165, 1.54) is 18.7 Å². The third-order valence-electron chi connectivity index (χ3n) is 5.65. The van der Waals surface area contributed by atoms with Crippen LogP contribution in [0.1, 0.15) is 17.2 Å². The molecule has 2 saturated heterocycles.